The maximum Gasteiger partial charge on any atom is 0.128 e. The van der Waals surface area contributed by atoms with Gasteiger partial charge in [-0.05, 0) is 30.3 Å². The molecule has 2 aromatic rings. The van der Waals surface area contributed by atoms with E-state index in [2.05, 4.69) is 18.8 Å². The second-order valence-electron chi connectivity index (χ2n) is 3.24. The molecular weight excluding hydrogens is 196 g/mol. The molecule has 0 aromatic heterocycles. The topological polar surface area (TPSA) is 9.23 Å². The van der Waals surface area contributed by atoms with Crippen LogP contribution in [-0.2, 0) is 0 Å². The molecule has 0 N–H and O–H groups in total. The molecule has 0 atom stereocenters. The van der Waals surface area contributed by atoms with E-state index in [-0.39, 0.29) is 0 Å². The van der Waals surface area contributed by atoms with E-state index in [1.165, 1.54) is 0 Å². The average molecular weight is 207 g/mol. The van der Waals surface area contributed by atoms with Crippen LogP contribution in [0.4, 0.5) is 0 Å². The quantitative estimate of drug-likeness (QED) is 0.683. The Balaban J connectivity index is 2.21. The van der Waals surface area contributed by atoms with Gasteiger partial charge in [-0.25, -0.2) is 0 Å². The third-order valence-electron chi connectivity index (χ3n) is 2.05. The Bertz CT molecular complexity index is 518. The Morgan fingerprint density at radius 1 is 0.875 bits per heavy atom. The molecule has 16 heavy (non-hydrogen) atoms. The zero-order valence-electron chi connectivity index (χ0n) is 8.81. The van der Waals surface area contributed by atoms with Crippen LogP contribution in [0.1, 0.15) is 5.56 Å². The number of ether oxygens (including phenoxy) is 1. The monoisotopic (exact) mass is 207 g/mol. The Morgan fingerprint density at radius 3 is 2.38 bits per heavy atom. The Hall–Kier alpha value is -2.20. The standard InChI is InChI=1S/C15H11O/c1-2-7-13-8-6-11-15(12-13)16-14-9-4-3-5-10-14/h3-6,8-12H,1H2. The molecule has 77 valence electrons. The molecule has 2 aromatic carbocycles. The smallest absolute Gasteiger partial charge is 0.128 e. The largest absolute Gasteiger partial charge is 0.457 e. The van der Waals surface area contributed by atoms with Crippen molar-refractivity contribution < 1.29 is 4.74 Å². The Labute approximate surface area is 95.7 Å². The molecule has 0 fully saturated rings. The van der Waals surface area contributed by atoms with Crippen LogP contribution in [0.25, 0.3) is 0 Å². The van der Waals surface area contributed by atoms with Gasteiger partial charge >= 0.3 is 0 Å². The first kappa shape index (κ1) is 10.3. The maximum atomic E-state index is 5.68. The van der Waals surface area contributed by atoms with Gasteiger partial charge in [-0.15, -0.1) is 0 Å². The molecule has 0 aliphatic carbocycles. The van der Waals surface area contributed by atoms with Crippen molar-refractivity contribution in [3.05, 3.63) is 67.1 Å². The normalized spacial score (nSPS) is 9.06. The second kappa shape index (κ2) is 5.04. The first-order valence-corrected chi connectivity index (χ1v) is 4.99. The minimum atomic E-state index is 0.784. The van der Waals surface area contributed by atoms with Gasteiger partial charge in [0.2, 0.25) is 0 Å². The van der Waals surface area contributed by atoms with Gasteiger partial charge in [0.25, 0.3) is 0 Å². The van der Waals surface area contributed by atoms with Crippen molar-refractivity contribution in [1.82, 2.24) is 0 Å². The predicted molar refractivity (Wildman–Crippen MR) is 65.2 cm³/mol. The average Bonchev–Trinajstić information content (AvgIpc) is 2.31. The lowest BCUT2D eigenvalue weighted by Crippen LogP contribution is -1.84. The molecule has 0 saturated heterocycles. The predicted octanol–water partition coefficient (Wildman–Crippen LogP) is 3.66. The Morgan fingerprint density at radius 2 is 1.62 bits per heavy atom. The molecule has 0 amide bonds. The maximum absolute atomic E-state index is 5.68. The zero-order chi connectivity index (χ0) is 11.2. The van der Waals surface area contributed by atoms with Crippen LogP contribution in [0.2, 0.25) is 0 Å². The number of benzene rings is 2. The van der Waals surface area contributed by atoms with Crippen molar-refractivity contribution in [3.63, 3.8) is 0 Å². The summed E-state index contributed by atoms with van der Waals surface area (Å²) >= 11 is 0. The van der Waals surface area contributed by atoms with E-state index in [1.807, 2.05) is 54.6 Å². The molecule has 1 heteroatoms. The fourth-order valence-corrected chi connectivity index (χ4v) is 1.36. The molecule has 0 bridgehead atoms. The van der Waals surface area contributed by atoms with Gasteiger partial charge in [0, 0.05) is 12.5 Å². The second-order valence-corrected chi connectivity index (χ2v) is 3.24. The molecule has 0 spiro atoms. The van der Waals surface area contributed by atoms with E-state index < -0.39 is 0 Å². The SMILES string of the molecule is [CH2]C#Cc1cccc(Oc2ccccc2)c1. The van der Waals surface area contributed by atoms with Crippen LogP contribution >= 0.6 is 0 Å². The zero-order valence-corrected chi connectivity index (χ0v) is 8.81. The first-order valence-electron chi connectivity index (χ1n) is 4.99. The summed E-state index contributed by atoms with van der Waals surface area (Å²) < 4.78 is 5.68. The minimum absolute atomic E-state index is 0.784. The highest BCUT2D eigenvalue weighted by Crippen LogP contribution is 2.21. The summed E-state index contributed by atoms with van der Waals surface area (Å²) in [6, 6.07) is 17.3. The van der Waals surface area contributed by atoms with Crippen molar-refractivity contribution >= 4 is 0 Å². The van der Waals surface area contributed by atoms with E-state index in [4.69, 9.17) is 4.74 Å². The first-order chi connectivity index (χ1) is 7.88. The number of hydrogen-bond acceptors (Lipinski definition) is 1. The fourth-order valence-electron chi connectivity index (χ4n) is 1.36. The van der Waals surface area contributed by atoms with Crippen LogP contribution in [0.15, 0.2) is 54.6 Å². The highest BCUT2D eigenvalue weighted by molar-refractivity contribution is 5.41. The molecule has 0 aliphatic rings. The molecule has 2 rings (SSSR count). The highest BCUT2D eigenvalue weighted by atomic mass is 16.5. The van der Waals surface area contributed by atoms with Crippen LogP contribution in [0.5, 0.6) is 11.5 Å². The molecular formula is C15H11O. The van der Waals surface area contributed by atoms with Crippen molar-refractivity contribution in [2.75, 3.05) is 0 Å². The van der Waals surface area contributed by atoms with Gasteiger partial charge in [0.1, 0.15) is 11.5 Å². The van der Waals surface area contributed by atoms with Gasteiger partial charge in [0.15, 0.2) is 0 Å². The lowest BCUT2D eigenvalue weighted by atomic mass is 10.2. The number of para-hydroxylation sites is 1. The van der Waals surface area contributed by atoms with Crippen LogP contribution in [-0.4, -0.2) is 0 Å². The van der Waals surface area contributed by atoms with Crippen LogP contribution in [0.3, 0.4) is 0 Å². The summed E-state index contributed by atoms with van der Waals surface area (Å²) in [5, 5.41) is 0. The molecule has 0 saturated carbocycles. The summed E-state index contributed by atoms with van der Waals surface area (Å²) in [5.74, 6) is 7.12. The van der Waals surface area contributed by atoms with E-state index in [1.54, 1.807) is 0 Å². The van der Waals surface area contributed by atoms with Crippen molar-refractivity contribution in [1.29, 1.82) is 0 Å². The highest BCUT2D eigenvalue weighted by Gasteiger charge is 1.96. The van der Waals surface area contributed by atoms with Crippen molar-refractivity contribution in [3.8, 4) is 23.3 Å². The van der Waals surface area contributed by atoms with Crippen molar-refractivity contribution in [2.45, 2.75) is 0 Å². The summed E-state index contributed by atoms with van der Waals surface area (Å²) in [5.41, 5.74) is 0.906. The molecule has 0 aliphatic heterocycles. The van der Waals surface area contributed by atoms with E-state index in [0.717, 1.165) is 17.1 Å². The molecule has 0 unspecified atom stereocenters. The van der Waals surface area contributed by atoms with Gasteiger partial charge in [0.05, 0.1) is 0 Å². The molecule has 1 nitrogen and oxygen atoms in total. The summed E-state index contributed by atoms with van der Waals surface area (Å²) in [6.07, 6.45) is 0. The summed E-state index contributed by atoms with van der Waals surface area (Å²) in [7, 11) is 0. The lowest BCUT2D eigenvalue weighted by molar-refractivity contribution is 0.482. The molecule has 0 heterocycles. The van der Waals surface area contributed by atoms with Crippen molar-refractivity contribution in [2.24, 2.45) is 0 Å². The lowest BCUT2D eigenvalue weighted by Gasteiger charge is -2.05. The number of rotatable bonds is 2. The third-order valence-corrected chi connectivity index (χ3v) is 2.05. The fraction of sp³-hybridized carbons (Fsp3) is 0. The van der Waals surface area contributed by atoms with Crippen LogP contribution in [0, 0.1) is 18.8 Å². The Kier molecular flexibility index (Phi) is 3.25. The van der Waals surface area contributed by atoms with Gasteiger partial charge in [-0.2, -0.15) is 0 Å². The number of hydrogen-bond donors (Lipinski definition) is 0. The van der Waals surface area contributed by atoms with E-state index in [0.29, 0.717) is 0 Å². The van der Waals surface area contributed by atoms with Crippen LogP contribution < -0.4 is 4.74 Å². The minimum Gasteiger partial charge on any atom is -0.457 e. The third kappa shape index (κ3) is 2.65. The van der Waals surface area contributed by atoms with Gasteiger partial charge in [-0.1, -0.05) is 36.1 Å². The van der Waals surface area contributed by atoms with Gasteiger partial charge < -0.3 is 4.74 Å². The van der Waals surface area contributed by atoms with E-state index >= 15 is 0 Å². The summed E-state index contributed by atoms with van der Waals surface area (Å²) in [4.78, 5) is 0. The molecule has 1 radical (unpaired) electrons. The summed E-state index contributed by atoms with van der Waals surface area (Å²) in [6.45, 7) is 3.49. The van der Waals surface area contributed by atoms with E-state index in [9.17, 15) is 0 Å². The van der Waals surface area contributed by atoms with Gasteiger partial charge in [-0.3, -0.25) is 0 Å².